The minimum atomic E-state index is -0.376. The van der Waals surface area contributed by atoms with Crippen LogP contribution in [0.25, 0.3) is 0 Å². The van der Waals surface area contributed by atoms with E-state index in [1.807, 2.05) is 0 Å². The first kappa shape index (κ1) is 16.1. The van der Waals surface area contributed by atoms with E-state index in [1.165, 1.54) is 6.26 Å². The molecule has 23 heavy (non-hydrogen) atoms. The van der Waals surface area contributed by atoms with E-state index in [4.69, 9.17) is 4.42 Å². The summed E-state index contributed by atoms with van der Waals surface area (Å²) < 4.78 is 5.19. The van der Waals surface area contributed by atoms with Crippen LogP contribution in [0, 0.1) is 5.92 Å². The van der Waals surface area contributed by atoms with Crippen LogP contribution in [0.5, 0.6) is 0 Å². The molecule has 2 amide bonds. The van der Waals surface area contributed by atoms with Gasteiger partial charge in [0.2, 0.25) is 5.91 Å². The van der Waals surface area contributed by atoms with Crippen LogP contribution < -0.4 is 5.32 Å². The Morgan fingerprint density at radius 3 is 2.83 bits per heavy atom. The summed E-state index contributed by atoms with van der Waals surface area (Å²) in [6.45, 7) is 4.77. The Morgan fingerprint density at radius 1 is 1.30 bits per heavy atom. The van der Waals surface area contributed by atoms with Gasteiger partial charge in [0.15, 0.2) is 5.76 Å². The highest BCUT2D eigenvalue weighted by molar-refractivity contribution is 5.96. The minimum Gasteiger partial charge on any atom is -0.459 e. The van der Waals surface area contributed by atoms with Gasteiger partial charge in [-0.2, -0.15) is 0 Å². The van der Waals surface area contributed by atoms with Crippen LogP contribution in [0.2, 0.25) is 0 Å². The predicted molar refractivity (Wildman–Crippen MR) is 86.0 cm³/mol. The van der Waals surface area contributed by atoms with E-state index in [0.29, 0.717) is 18.2 Å². The van der Waals surface area contributed by atoms with Crippen molar-refractivity contribution >= 4 is 11.8 Å². The second kappa shape index (κ2) is 6.74. The molecule has 3 atom stereocenters. The number of amides is 2. The molecule has 6 nitrogen and oxygen atoms in total. The average Bonchev–Trinajstić information content (AvgIpc) is 3.20. The van der Waals surface area contributed by atoms with Gasteiger partial charge < -0.3 is 19.5 Å². The van der Waals surface area contributed by atoms with Crippen molar-refractivity contribution in [3.05, 3.63) is 24.2 Å². The van der Waals surface area contributed by atoms with Crippen molar-refractivity contribution in [1.29, 1.82) is 0 Å². The molecule has 2 aliphatic heterocycles. The van der Waals surface area contributed by atoms with Gasteiger partial charge in [0, 0.05) is 19.1 Å². The van der Waals surface area contributed by atoms with E-state index in [1.54, 1.807) is 17.0 Å². The van der Waals surface area contributed by atoms with Gasteiger partial charge in [-0.25, -0.2) is 0 Å². The Kier molecular flexibility index (Phi) is 4.71. The predicted octanol–water partition coefficient (Wildman–Crippen LogP) is 1.34. The van der Waals surface area contributed by atoms with E-state index in [0.717, 1.165) is 32.4 Å². The quantitative estimate of drug-likeness (QED) is 0.913. The van der Waals surface area contributed by atoms with Crippen LogP contribution in [0.4, 0.5) is 0 Å². The molecule has 126 valence electrons. The molecular formula is C17H25N3O3. The molecule has 1 aromatic heterocycles. The van der Waals surface area contributed by atoms with E-state index in [-0.39, 0.29) is 23.9 Å². The fourth-order valence-electron chi connectivity index (χ4n) is 3.67. The molecule has 2 aliphatic rings. The summed E-state index contributed by atoms with van der Waals surface area (Å²) in [6, 6.07) is 3.16. The number of piperidine rings is 1. The molecule has 1 N–H and O–H groups in total. The number of hydrogen-bond donors (Lipinski definition) is 1. The van der Waals surface area contributed by atoms with Gasteiger partial charge in [0.05, 0.1) is 6.26 Å². The van der Waals surface area contributed by atoms with Crippen LogP contribution in [0.3, 0.4) is 0 Å². The van der Waals surface area contributed by atoms with Crippen molar-refractivity contribution in [2.75, 3.05) is 26.7 Å². The molecule has 2 fully saturated rings. The lowest BCUT2D eigenvalue weighted by atomic mass is 9.94. The lowest BCUT2D eigenvalue weighted by Crippen LogP contribution is -2.54. The van der Waals surface area contributed by atoms with Gasteiger partial charge in [-0.05, 0) is 50.9 Å². The second-order valence-corrected chi connectivity index (χ2v) is 6.78. The zero-order valence-electron chi connectivity index (χ0n) is 13.8. The first-order valence-electron chi connectivity index (χ1n) is 8.39. The molecule has 0 unspecified atom stereocenters. The van der Waals surface area contributed by atoms with Crippen molar-refractivity contribution in [3.63, 3.8) is 0 Å². The highest BCUT2D eigenvalue weighted by Gasteiger charge is 2.37. The fourth-order valence-corrected chi connectivity index (χ4v) is 3.67. The first-order valence-corrected chi connectivity index (χ1v) is 8.39. The number of nitrogens with zero attached hydrogens (tertiary/aromatic N) is 2. The smallest absolute Gasteiger partial charge is 0.290 e. The van der Waals surface area contributed by atoms with Crippen LogP contribution >= 0.6 is 0 Å². The number of likely N-dealkylation sites (tertiary alicyclic amines) is 2. The van der Waals surface area contributed by atoms with Crippen LogP contribution in [-0.2, 0) is 4.79 Å². The molecule has 0 radical (unpaired) electrons. The highest BCUT2D eigenvalue weighted by Crippen LogP contribution is 2.22. The number of nitrogens with one attached hydrogen (secondary N) is 1. The Balaban J connectivity index is 1.63. The van der Waals surface area contributed by atoms with E-state index >= 15 is 0 Å². The van der Waals surface area contributed by atoms with E-state index < -0.39 is 0 Å². The van der Waals surface area contributed by atoms with Gasteiger partial charge in [0.1, 0.15) is 6.04 Å². The minimum absolute atomic E-state index is 0.0243. The summed E-state index contributed by atoms with van der Waals surface area (Å²) in [5.41, 5.74) is 0. The molecule has 0 aromatic carbocycles. The molecule has 2 saturated heterocycles. The standard InChI is InChI=1S/C17H25N3O3/c1-12-11-19(2)9-7-13(12)18-16(21)14-5-3-8-20(14)17(22)15-6-4-10-23-15/h4,6,10,12-14H,3,5,7-9,11H2,1-2H3,(H,18,21)/t12-,13+,14-/m1/s1. The Hall–Kier alpha value is -1.82. The van der Waals surface area contributed by atoms with E-state index in [2.05, 4.69) is 24.2 Å². The molecule has 0 aliphatic carbocycles. The largest absolute Gasteiger partial charge is 0.459 e. The third-order valence-corrected chi connectivity index (χ3v) is 4.98. The topological polar surface area (TPSA) is 65.8 Å². The Labute approximate surface area is 136 Å². The lowest BCUT2D eigenvalue weighted by molar-refractivity contribution is -0.126. The SMILES string of the molecule is C[C@@H]1CN(C)CC[C@@H]1NC(=O)[C@H]1CCCN1C(=O)c1ccco1. The molecule has 6 heteroatoms. The number of carbonyl (C=O) groups is 2. The summed E-state index contributed by atoms with van der Waals surface area (Å²) >= 11 is 0. The summed E-state index contributed by atoms with van der Waals surface area (Å²) in [5.74, 6) is 0.513. The van der Waals surface area contributed by atoms with E-state index in [9.17, 15) is 9.59 Å². The van der Waals surface area contributed by atoms with Crippen molar-refractivity contribution in [2.24, 2.45) is 5.92 Å². The first-order chi connectivity index (χ1) is 11.1. The molecule has 0 spiro atoms. The molecule has 0 bridgehead atoms. The highest BCUT2D eigenvalue weighted by atomic mass is 16.3. The maximum absolute atomic E-state index is 12.7. The summed E-state index contributed by atoms with van der Waals surface area (Å²) in [7, 11) is 2.11. The third-order valence-electron chi connectivity index (χ3n) is 4.98. The number of rotatable bonds is 3. The van der Waals surface area contributed by atoms with Gasteiger partial charge in [-0.1, -0.05) is 6.92 Å². The van der Waals surface area contributed by atoms with Gasteiger partial charge >= 0.3 is 0 Å². The van der Waals surface area contributed by atoms with Gasteiger partial charge in [-0.3, -0.25) is 9.59 Å². The maximum atomic E-state index is 12.7. The molecule has 1 aromatic rings. The van der Waals surface area contributed by atoms with Crippen molar-refractivity contribution in [3.8, 4) is 0 Å². The number of hydrogen-bond acceptors (Lipinski definition) is 4. The lowest BCUT2D eigenvalue weighted by Gasteiger charge is -2.36. The Bertz CT molecular complexity index is 557. The number of furan rings is 1. The molecular weight excluding hydrogens is 294 g/mol. The molecule has 3 rings (SSSR count). The third kappa shape index (κ3) is 3.42. The zero-order chi connectivity index (χ0) is 16.4. The zero-order valence-corrected chi connectivity index (χ0v) is 13.8. The second-order valence-electron chi connectivity index (χ2n) is 6.78. The summed E-state index contributed by atoms with van der Waals surface area (Å²) in [6.07, 6.45) is 4.02. The van der Waals surface area contributed by atoms with Gasteiger partial charge in [0.25, 0.3) is 5.91 Å². The van der Waals surface area contributed by atoms with Gasteiger partial charge in [-0.15, -0.1) is 0 Å². The van der Waals surface area contributed by atoms with Crippen LogP contribution in [-0.4, -0.2) is 60.4 Å². The van der Waals surface area contributed by atoms with Crippen molar-refractivity contribution in [1.82, 2.24) is 15.1 Å². The fraction of sp³-hybridized carbons (Fsp3) is 0.647. The van der Waals surface area contributed by atoms with Crippen molar-refractivity contribution in [2.45, 2.75) is 38.3 Å². The summed E-state index contributed by atoms with van der Waals surface area (Å²) in [5, 5.41) is 3.17. The Morgan fingerprint density at radius 2 is 2.13 bits per heavy atom. The molecule has 0 saturated carbocycles. The molecule has 3 heterocycles. The number of carbonyl (C=O) groups excluding carboxylic acids is 2. The summed E-state index contributed by atoms with van der Waals surface area (Å²) in [4.78, 5) is 29.1. The van der Waals surface area contributed by atoms with Crippen molar-refractivity contribution < 1.29 is 14.0 Å². The normalized spacial score (nSPS) is 28.8. The average molecular weight is 319 g/mol. The maximum Gasteiger partial charge on any atom is 0.290 e. The monoisotopic (exact) mass is 319 g/mol. The van der Waals surface area contributed by atoms with Crippen LogP contribution in [0.15, 0.2) is 22.8 Å². The van der Waals surface area contributed by atoms with Crippen LogP contribution in [0.1, 0.15) is 36.7 Å².